The largest absolute Gasteiger partial charge is 0.494 e. The summed E-state index contributed by atoms with van der Waals surface area (Å²) in [6, 6.07) is 4.30. The Kier molecular flexibility index (Phi) is 4.47. The van der Waals surface area contributed by atoms with E-state index < -0.39 is 11.9 Å². The zero-order chi connectivity index (χ0) is 15.6. The quantitative estimate of drug-likeness (QED) is 0.921. The lowest BCUT2D eigenvalue weighted by Crippen LogP contribution is -2.13. The Hall–Kier alpha value is -2.08. The van der Waals surface area contributed by atoms with Crippen molar-refractivity contribution in [1.82, 2.24) is 9.78 Å². The predicted molar refractivity (Wildman–Crippen MR) is 76.2 cm³/mol. The van der Waals surface area contributed by atoms with Crippen molar-refractivity contribution in [2.45, 2.75) is 26.0 Å². The van der Waals surface area contributed by atoms with Crippen molar-refractivity contribution in [1.29, 1.82) is 0 Å². The monoisotopic (exact) mass is 294 g/mol. The minimum atomic E-state index is -0.987. The number of benzene rings is 1. The Morgan fingerprint density at radius 1 is 1.19 bits per heavy atom. The molecule has 5 nitrogen and oxygen atoms in total. The lowest BCUT2D eigenvalue weighted by molar-refractivity contribution is 0.199. The van der Waals surface area contributed by atoms with Gasteiger partial charge in [0.05, 0.1) is 20.4 Å². The highest BCUT2D eigenvalue weighted by Crippen LogP contribution is 2.33. The number of ether oxygens (including phenoxy) is 2. The summed E-state index contributed by atoms with van der Waals surface area (Å²) in [5, 5.41) is 14.8. The topological polar surface area (TPSA) is 56.5 Å². The van der Waals surface area contributed by atoms with Crippen LogP contribution in [0.2, 0.25) is 0 Å². The lowest BCUT2D eigenvalue weighted by Gasteiger charge is -2.18. The highest BCUT2D eigenvalue weighted by atomic mass is 19.1. The number of nitrogens with zero attached hydrogens (tertiary/aromatic N) is 2. The van der Waals surface area contributed by atoms with Crippen molar-refractivity contribution < 1.29 is 19.0 Å². The van der Waals surface area contributed by atoms with Gasteiger partial charge in [-0.3, -0.25) is 4.68 Å². The van der Waals surface area contributed by atoms with Crippen LogP contribution in [0.25, 0.3) is 0 Å². The molecule has 0 spiro atoms. The van der Waals surface area contributed by atoms with Gasteiger partial charge in [-0.1, -0.05) is 6.07 Å². The number of aliphatic hydroxyl groups is 1. The van der Waals surface area contributed by atoms with E-state index >= 15 is 0 Å². The molecule has 2 aromatic rings. The zero-order valence-corrected chi connectivity index (χ0v) is 12.5. The van der Waals surface area contributed by atoms with Gasteiger partial charge < -0.3 is 14.6 Å². The number of aliphatic hydroxyl groups excluding tert-OH is 1. The van der Waals surface area contributed by atoms with Gasteiger partial charge in [0.15, 0.2) is 17.3 Å². The third kappa shape index (κ3) is 2.85. The fourth-order valence-electron chi connectivity index (χ4n) is 2.19. The second-order valence-corrected chi connectivity index (χ2v) is 4.93. The summed E-state index contributed by atoms with van der Waals surface area (Å²) in [4.78, 5) is 0. The van der Waals surface area contributed by atoms with Gasteiger partial charge in [-0.05, 0) is 31.5 Å². The first-order chi connectivity index (χ1) is 9.99. The minimum absolute atomic E-state index is 0.0564. The Balaban J connectivity index is 2.48. The fourth-order valence-corrected chi connectivity index (χ4v) is 2.19. The molecule has 1 N–H and O–H groups in total. The molecule has 0 aliphatic carbocycles. The van der Waals surface area contributed by atoms with E-state index in [9.17, 15) is 9.50 Å². The SMILES string of the molecule is COc1cc(C(O)c2c(OC)cnn2C(C)C)ccc1F. The molecule has 0 aliphatic rings. The molecule has 2 rings (SSSR count). The summed E-state index contributed by atoms with van der Waals surface area (Å²) in [6.45, 7) is 3.90. The molecule has 0 fully saturated rings. The molecule has 0 bridgehead atoms. The Labute approximate surface area is 122 Å². The second-order valence-electron chi connectivity index (χ2n) is 4.93. The van der Waals surface area contributed by atoms with Crippen molar-refractivity contribution in [2.24, 2.45) is 0 Å². The molecule has 1 aromatic heterocycles. The molecular formula is C15H19FN2O3. The molecule has 1 heterocycles. The molecular weight excluding hydrogens is 275 g/mol. The first-order valence-electron chi connectivity index (χ1n) is 6.62. The van der Waals surface area contributed by atoms with E-state index in [2.05, 4.69) is 5.10 Å². The van der Waals surface area contributed by atoms with Gasteiger partial charge in [-0.15, -0.1) is 0 Å². The van der Waals surface area contributed by atoms with Crippen LogP contribution in [0, 0.1) is 5.82 Å². The molecule has 0 aliphatic heterocycles. The zero-order valence-electron chi connectivity index (χ0n) is 12.5. The molecule has 1 aromatic carbocycles. The molecule has 0 saturated heterocycles. The summed E-state index contributed by atoms with van der Waals surface area (Å²) < 4.78 is 25.4. The first kappa shape index (κ1) is 15.3. The van der Waals surface area contributed by atoms with Crippen molar-refractivity contribution in [3.63, 3.8) is 0 Å². The number of methoxy groups -OCH3 is 2. The maximum absolute atomic E-state index is 13.5. The van der Waals surface area contributed by atoms with E-state index in [1.54, 1.807) is 10.9 Å². The van der Waals surface area contributed by atoms with Gasteiger partial charge in [-0.2, -0.15) is 5.10 Å². The van der Waals surface area contributed by atoms with Crippen LogP contribution < -0.4 is 9.47 Å². The number of aromatic nitrogens is 2. The summed E-state index contributed by atoms with van der Waals surface area (Å²) in [6.07, 6.45) is 0.568. The first-order valence-corrected chi connectivity index (χ1v) is 6.62. The van der Waals surface area contributed by atoms with Crippen LogP contribution in [-0.4, -0.2) is 29.1 Å². The molecule has 1 unspecified atom stereocenters. The smallest absolute Gasteiger partial charge is 0.165 e. The van der Waals surface area contributed by atoms with Crippen LogP contribution in [0.5, 0.6) is 11.5 Å². The normalized spacial score (nSPS) is 12.5. The van der Waals surface area contributed by atoms with Gasteiger partial charge in [0, 0.05) is 6.04 Å². The van der Waals surface area contributed by atoms with Crippen molar-refractivity contribution in [3.05, 3.63) is 41.5 Å². The van der Waals surface area contributed by atoms with Crippen molar-refractivity contribution >= 4 is 0 Å². The van der Waals surface area contributed by atoms with Crippen LogP contribution in [0.3, 0.4) is 0 Å². The van der Waals surface area contributed by atoms with Crippen LogP contribution in [0.4, 0.5) is 4.39 Å². The maximum Gasteiger partial charge on any atom is 0.165 e. The van der Waals surface area contributed by atoms with Gasteiger partial charge >= 0.3 is 0 Å². The molecule has 1 atom stereocenters. The fraction of sp³-hybridized carbons (Fsp3) is 0.400. The van der Waals surface area contributed by atoms with Crippen molar-refractivity contribution in [3.8, 4) is 11.5 Å². The number of hydrogen-bond donors (Lipinski definition) is 1. The van der Waals surface area contributed by atoms with Gasteiger partial charge in [0.2, 0.25) is 0 Å². The third-order valence-electron chi connectivity index (χ3n) is 3.26. The molecule has 0 saturated carbocycles. The van der Waals surface area contributed by atoms with Crippen molar-refractivity contribution in [2.75, 3.05) is 14.2 Å². The molecule has 6 heteroatoms. The highest BCUT2D eigenvalue weighted by Gasteiger charge is 2.23. The average molecular weight is 294 g/mol. The summed E-state index contributed by atoms with van der Waals surface area (Å²) >= 11 is 0. The van der Waals surface area contributed by atoms with Gasteiger partial charge in [0.25, 0.3) is 0 Å². The highest BCUT2D eigenvalue weighted by molar-refractivity contribution is 5.39. The van der Waals surface area contributed by atoms with Crippen LogP contribution in [0.1, 0.15) is 37.3 Å². The van der Waals surface area contributed by atoms with E-state index in [4.69, 9.17) is 9.47 Å². The van der Waals surface area contributed by atoms with E-state index in [1.807, 2.05) is 13.8 Å². The van der Waals surface area contributed by atoms with E-state index in [0.29, 0.717) is 17.0 Å². The van der Waals surface area contributed by atoms with E-state index in [-0.39, 0.29) is 11.8 Å². The lowest BCUT2D eigenvalue weighted by atomic mass is 10.1. The van der Waals surface area contributed by atoms with Gasteiger partial charge in [0.1, 0.15) is 11.8 Å². The average Bonchev–Trinajstić information content (AvgIpc) is 2.91. The Morgan fingerprint density at radius 3 is 2.43 bits per heavy atom. The summed E-state index contributed by atoms with van der Waals surface area (Å²) in [7, 11) is 2.90. The van der Waals surface area contributed by atoms with Crippen LogP contribution >= 0.6 is 0 Å². The standard InChI is InChI=1S/C15H19FN2O3/c1-9(2)18-14(13(21-4)8-17-18)15(19)10-5-6-11(16)12(7-10)20-3/h5-9,15,19H,1-4H3. The number of halogens is 1. The maximum atomic E-state index is 13.5. The molecule has 21 heavy (non-hydrogen) atoms. The predicted octanol–water partition coefficient (Wildman–Crippen LogP) is 2.70. The van der Waals surface area contributed by atoms with Gasteiger partial charge in [-0.25, -0.2) is 4.39 Å². The molecule has 0 amide bonds. The second kappa shape index (κ2) is 6.13. The van der Waals surface area contributed by atoms with Crippen LogP contribution in [0.15, 0.2) is 24.4 Å². The Morgan fingerprint density at radius 2 is 1.86 bits per heavy atom. The molecule has 114 valence electrons. The molecule has 0 radical (unpaired) electrons. The number of rotatable bonds is 5. The third-order valence-corrected chi connectivity index (χ3v) is 3.26. The van der Waals surface area contributed by atoms with Crippen LogP contribution in [-0.2, 0) is 0 Å². The summed E-state index contributed by atoms with van der Waals surface area (Å²) in [5.74, 6) is 0.0957. The Bertz CT molecular complexity index is 625. The minimum Gasteiger partial charge on any atom is -0.494 e. The van der Waals surface area contributed by atoms with E-state index in [1.165, 1.54) is 32.4 Å². The summed E-state index contributed by atoms with van der Waals surface area (Å²) in [5.41, 5.74) is 1.04. The van der Waals surface area contributed by atoms with E-state index in [0.717, 1.165) is 0 Å². The number of hydrogen-bond acceptors (Lipinski definition) is 4.